The van der Waals surface area contributed by atoms with Crippen molar-refractivity contribution >= 4 is 34.8 Å². The first kappa shape index (κ1) is 15.1. The second kappa shape index (κ2) is 5.74. The number of carbonyl (C=O) groups is 2. The number of carboxylic acid groups (broad SMARTS) is 1. The number of carbonyl (C=O) groups excluding carboxylic acids is 1. The van der Waals surface area contributed by atoms with Crippen molar-refractivity contribution in [2.75, 3.05) is 6.54 Å². The molecule has 0 spiro atoms. The number of hydrogen-bond acceptors (Lipinski definition) is 3. The molecular formula is C16H14ClNO3S. The first-order valence-electron chi connectivity index (χ1n) is 6.88. The number of rotatable bonds is 5. The molecule has 1 saturated carbocycles. The minimum Gasteiger partial charge on any atom is -0.477 e. The zero-order valence-electron chi connectivity index (χ0n) is 11.6. The molecule has 2 aromatic rings. The van der Waals surface area contributed by atoms with E-state index in [1.54, 1.807) is 6.07 Å². The van der Waals surface area contributed by atoms with Gasteiger partial charge in [0.1, 0.15) is 4.88 Å². The Morgan fingerprint density at radius 3 is 2.45 bits per heavy atom. The molecule has 1 aromatic heterocycles. The van der Waals surface area contributed by atoms with Crippen molar-refractivity contribution in [1.29, 1.82) is 0 Å². The first-order chi connectivity index (χ1) is 10.5. The molecule has 1 aliphatic rings. The summed E-state index contributed by atoms with van der Waals surface area (Å²) in [6.45, 7) is 0.510. The van der Waals surface area contributed by atoms with E-state index in [4.69, 9.17) is 16.7 Å². The fourth-order valence-electron chi connectivity index (χ4n) is 2.49. The summed E-state index contributed by atoms with van der Waals surface area (Å²) in [5.74, 6) is -1.25. The molecule has 0 atom stereocenters. The SMILES string of the molecule is O=C(O)c1ccc(C(=O)NCC2(c3ccccc3Cl)CC2)s1. The predicted molar refractivity (Wildman–Crippen MR) is 86.0 cm³/mol. The molecule has 4 nitrogen and oxygen atoms in total. The molecule has 6 heteroatoms. The highest BCUT2D eigenvalue weighted by molar-refractivity contribution is 7.15. The fraction of sp³-hybridized carbons (Fsp3) is 0.250. The minimum atomic E-state index is -1.02. The van der Waals surface area contributed by atoms with Gasteiger partial charge in [0, 0.05) is 17.0 Å². The molecule has 1 heterocycles. The quantitative estimate of drug-likeness (QED) is 0.878. The molecule has 0 aliphatic heterocycles. The number of benzene rings is 1. The van der Waals surface area contributed by atoms with Crippen molar-refractivity contribution in [2.45, 2.75) is 18.3 Å². The van der Waals surface area contributed by atoms with Gasteiger partial charge in [0.15, 0.2) is 0 Å². The molecule has 0 saturated heterocycles. The summed E-state index contributed by atoms with van der Waals surface area (Å²) in [7, 11) is 0. The van der Waals surface area contributed by atoms with E-state index in [0.29, 0.717) is 11.4 Å². The van der Waals surface area contributed by atoms with E-state index < -0.39 is 5.97 Å². The van der Waals surface area contributed by atoms with Crippen LogP contribution in [0.4, 0.5) is 0 Å². The van der Waals surface area contributed by atoms with Crippen LogP contribution in [0.25, 0.3) is 0 Å². The van der Waals surface area contributed by atoms with E-state index in [2.05, 4.69) is 5.32 Å². The molecule has 1 aliphatic carbocycles. The third-order valence-electron chi connectivity index (χ3n) is 3.93. The van der Waals surface area contributed by atoms with Crippen LogP contribution in [-0.2, 0) is 5.41 Å². The van der Waals surface area contributed by atoms with Gasteiger partial charge < -0.3 is 10.4 Å². The Hall–Kier alpha value is -1.85. The molecule has 0 unspecified atom stereocenters. The van der Waals surface area contributed by atoms with Crippen molar-refractivity contribution in [1.82, 2.24) is 5.32 Å². The maximum absolute atomic E-state index is 12.1. The van der Waals surface area contributed by atoms with Crippen LogP contribution in [0.15, 0.2) is 36.4 Å². The molecule has 0 bridgehead atoms. The maximum atomic E-state index is 12.1. The van der Waals surface area contributed by atoms with Gasteiger partial charge in [0.25, 0.3) is 5.91 Å². The zero-order valence-corrected chi connectivity index (χ0v) is 13.2. The molecule has 1 amide bonds. The van der Waals surface area contributed by atoms with E-state index in [-0.39, 0.29) is 16.2 Å². The number of amides is 1. The van der Waals surface area contributed by atoms with Crippen LogP contribution in [0.1, 0.15) is 37.7 Å². The maximum Gasteiger partial charge on any atom is 0.345 e. The van der Waals surface area contributed by atoms with Crippen molar-refractivity contribution < 1.29 is 14.7 Å². The number of nitrogens with one attached hydrogen (secondary N) is 1. The summed E-state index contributed by atoms with van der Waals surface area (Å²) < 4.78 is 0. The average Bonchev–Trinajstić information content (AvgIpc) is 3.10. The van der Waals surface area contributed by atoms with Gasteiger partial charge in [-0.05, 0) is 36.6 Å². The van der Waals surface area contributed by atoms with Crippen molar-refractivity contribution in [3.8, 4) is 0 Å². The standard InChI is InChI=1S/C16H14ClNO3S/c17-11-4-2-1-3-10(11)16(7-8-16)9-18-14(19)12-5-6-13(22-12)15(20)21/h1-6H,7-9H2,(H,18,19)(H,20,21). The highest BCUT2D eigenvalue weighted by atomic mass is 35.5. The minimum absolute atomic E-state index is 0.0824. The molecular weight excluding hydrogens is 322 g/mol. The second-order valence-electron chi connectivity index (χ2n) is 5.41. The molecule has 22 heavy (non-hydrogen) atoms. The highest BCUT2D eigenvalue weighted by Gasteiger charge is 2.45. The molecule has 2 N–H and O–H groups in total. The largest absolute Gasteiger partial charge is 0.477 e. The van der Waals surface area contributed by atoms with E-state index in [1.165, 1.54) is 6.07 Å². The lowest BCUT2D eigenvalue weighted by atomic mass is 9.96. The van der Waals surface area contributed by atoms with Gasteiger partial charge >= 0.3 is 5.97 Å². The second-order valence-corrected chi connectivity index (χ2v) is 6.90. The first-order valence-corrected chi connectivity index (χ1v) is 8.08. The lowest BCUT2D eigenvalue weighted by Crippen LogP contribution is -2.31. The van der Waals surface area contributed by atoms with Gasteiger partial charge in [-0.15, -0.1) is 11.3 Å². The zero-order chi connectivity index (χ0) is 15.7. The summed E-state index contributed by atoms with van der Waals surface area (Å²) in [6, 6.07) is 10.7. The van der Waals surface area contributed by atoms with E-state index in [0.717, 1.165) is 34.8 Å². The summed E-state index contributed by atoms with van der Waals surface area (Å²) in [4.78, 5) is 23.6. The van der Waals surface area contributed by atoms with E-state index in [9.17, 15) is 9.59 Å². The Labute approximate surface area is 136 Å². The Kier molecular flexibility index (Phi) is 3.93. The lowest BCUT2D eigenvalue weighted by Gasteiger charge is -2.17. The Morgan fingerprint density at radius 1 is 1.18 bits per heavy atom. The van der Waals surface area contributed by atoms with Crippen molar-refractivity contribution in [3.05, 3.63) is 56.7 Å². The summed E-state index contributed by atoms with van der Waals surface area (Å²) >= 11 is 7.22. The van der Waals surface area contributed by atoms with Gasteiger partial charge in [0.05, 0.1) is 4.88 Å². The molecule has 1 fully saturated rings. The molecule has 1 aromatic carbocycles. The van der Waals surface area contributed by atoms with Crippen LogP contribution in [0.2, 0.25) is 5.02 Å². The lowest BCUT2D eigenvalue weighted by molar-refractivity contribution is 0.0702. The number of halogens is 1. The van der Waals surface area contributed by atoms with Gasteiger partial charge in [-0.1, -0.05) is 29.8 Å². The van der Waals surface area contributed by atoms with Gasteiger partial charge in [0.2, 0.25) is 0 Å². The fourth-order valence-corrected chi connectivity index (χ4v) is 3.59. The normalized spacial score (nSPS) is 15.3. The summed E-state index contributed by atoms with van der Waals surface area (Å²) in [5.41, 5.74) is 0.982. The van der Waals surface area contributed by atoms with Crippen LogP contribution < -0.4 is 5.32 Å². The van der Waals surface area contributed by atoms with Crippen molar-refractivity contribution in [3.63, 3.8) is 0 Å². The van der Waals surface area contributed by atoms with Crippen LogP contribution >= 0.6 is 22.9 Å². The summed E-state index contributed by atoms with van der Waals surface area (Å²) in [6.07, 6.45) is 1.98. The van der Waals surface area contributed by atoms with E-state index in [1.807, 2.05) is 24.3 Å². The predicted octanol–water partition coefficient (Wildman–Crippen LogP) is 3.56. The smallest absolute Gasteiger partial charge is 0.345 e. The van der Waals surface area contributed by atoms with Gasteiger partial charge in [-0.3, -0.25) is 4.79 Å². The van der Waals surface area contributed by atoms with Crippen LogP contribution in [0.5, 0.6) is 0 Å². The average molecular weight is 336 g/mol. The van der Waals surface area contributed by atoms with Crippen LogP contribution in [-0.4, -0.2) is 23.5 Å². The van der Waals surface area contributed by atoms with Gasteiger partial charge in [-0.2, -0.15) is 0 Å². The van der Waals surface area contributed by atoms with Gasteiger partial charge in [-0.25, -0.2) is 4.79 Å². The summed E-state index contributed by atoms with van der Waals surface area (Å²) in [5, 5.41) is 12.5. The third-order valence-corrected chi connectivity index (χ3v) is 5.33. The monoisotopic (exact) mass is 335 g/mol. The Bertz CT molecular complexity index is 736. The number of hydrogen-bond donors (Lipinski definition) is 2. The van der Waals surface area contributed by atoms with Crippen molar-refractivity contribution in [2.24, 2.45) is 0 Å². The number of thiophene rings is 1. The topological polar surface area (TPSA) is 66.4 Å². The third kappa shape index (κ3) is 2.87. The van der Waals surface area contributed by atoms with Crippen LogP contribution in [0.3, 0.4) is 0 Å². The Morgan fingerprint density at radius 2 is 1.86 bits per heavy atom. The number of carboxylic acids is 1. The molecule has 0 radical (unpaired) electrons. The highest BCUT2D eigenvalue weighted by Crippen LogP contribution is 2.49. The van der Waals surface area contributed by atoms with Crippen LogP contribution in [0, 0.1) is 0 Å². The Balaban J connectivity index is 1.68. The molecule has 3 rings (SSSR count). The molecule has 114 valence electrons. The number of aromatic carboxylic acids is 1. The van der Waals surface area contributed by atoms with E-state index >= 15 is 0 Å².